The Balaban J connectivity index is 1.50. The first kappa shape index (κ1) is 17.9. The van der Waals surface area contributed by atoms with Gasteiger partial charge < -0.3 is 4.74 Å². The van der Waals surface area contributed by atoms with Gasteiger partial charge in [-0.1, -0.05) is 30.3 Å². The van der Waals surface area contributed by atoms with Crippen LogP contribution in [0.1, 0.15) is 31.2 Å². The van der Waals surface area contributed by atoms with Gasteiger partial charge in [-0.3, -0.25) is 4.90 Å². The van der Waals surface area contributed by atoms with E-state index in [0.717, 1.165) is 45.3 Å². The predicted octanol–water partition coefficient (Wildman–Crippen LogP) is 2.09. The first-order chi connectivity index (χ1) is 11.5. The molecule has 2 aliphatic heterocycles. The van der Waals surface area contributed by atoms with Crippen LogP contribution in [0.5, 0.6) is 0 Å². The van der Waals surface area contributed by atoms with E-state index in [4.69, 9.17) is 4.74 Å². The molecule has 0 spiro atoms. The van der Waals surface area contributed by atoms with E-state index in [1.54, 1.807) is 11.4 Å². The third kappa shape index (κ3) is 4.57. The Morgan fingerprint density at radius 1 is 1.17 bits per heavy atom. The number of rotatable bonds is 6. The van der Waals surface area contributed by atoms with Crippen molar-refractivity contribution < 1.29 is 13.2 Å². The Bertz CT molecular complexity index is 606. The van der Waals surface area contributed by atoms with Gasteiger partial charge in [-0.2, -0.15) is 0 Å². The Kier molecular flexibility index (Phi) is 5.92. The molecule has 2 aliphatic rings. The lowest BCUT2D eigenvalue weighted by Crippen LogP contribution is -2.46. The average Bonchev–Trinajstić information content (AvgIpc) is 3.08. The highest BCUT2D eigenvalue weighted by Crippen LogP contribution is 2.22. The van der Waals surface area contributed by atoms with Crippen molar-refractivity contribution in [3.05, 3.63) is 35.9 Å². The van der Waals surface area contributed by atoms with Crippen LogP contribution in [0, 0.1) is 0 Å². The van der Waals surface area contributed by atoms with Crippen molar-refractivity contribution in [3.63, 3.8) is 0 Å². The molecule has 0 aliphatic carbocycles. The molecule has 0 bridgehead atoms. The van der Waals surface area contributed by atoms with Crippen molar-refractivity contribution in [1.82, 2.24) is 9.21 Å². The normalized spacial score (nSPS) is 23.8. The van der Waals surface area contributed by atoms with Gasteiger partial charge in [0.2, 0.25) is 10.0 Å². The molecule has 5 nitrogen and oxygen atoms in total. The highest BCUT2D eigenvalue weighted by atomic mass is 32.2. The minimum Gasteiger partial charge on any atom is -0.377 e. The molecule has 0 saturated carbocycles. The molecule has 3 rings (SSSR count). The fraction of sp³-hybridized carbons (Fsp3) is 0.667. The molecule has 1 aromatic carbocycles. The van der Waals surface area contributed by atoms with Gasteiger partial charge in [0.15, 0.2) is 0 Å². The largest absolute Gasteiger partial charge is 0.377 e. The topological polar surface area (TPSA) is 49.9 Å². The van der Waals surface area contributed by atoms with Gasteiger partial charge in [-0.15, -0.1) is 0 Å². The zero-order valence-corrected chi connectivity index (χ0v) is 15.2. The zero-order valence-electron chi connectivity index (χ0n) is 14.4. The number of hydrogen-bond donors (Lipinski definition) is 0. The highest BCUT2D eigenvalue weighted by molar-refractivity contribution is 7.89. The van der Waals surface area contributed by atoms with Gasteiger partial charge in [-0.05, 0) is 31.2 Å². The fourth-order valence-corrected chi connectivity index (χ4v) is 5.27. The average molecular weight is 353 g/mol. The standard InChI is InChI=1S/C18H28N2O3S/c1-19(24(21,22)15-18-8-5-13-23-18)17-9-11-20(12-10-17)14-16-6-3-2-4-7-16/h2-4,6-7,17-18H,5,8-15H2,1H3. The van der Waals surface area contributed by atoms with E-state index in [1.807, 2.05) is 6.07 Å². The van der Waals surface area contributed by atoms with Crippen molar-refractivity contribution in [2.75, 3.05) is 32.5 Å². The third-order valence-corrected chi connectivity index (χ3v) is 7.15. The van der Waals surface area contributed by atoms with Crippen molar-refractivity contribution >= 4 is 10.0 Å². The molecule has 134 valence electrons. The quantitative estimate of drug-likeness (QED) is 0.787. The Hall–Kier alpha value is -0.950. The summed E-state index contributed by atoms with van der Waals surface area (Å²) in [5.74, 6) is 0.133. The summed E-state index contributed by atoms with van der Waals surface area (Å²) in [6, 6.07) is 10.6. The van der Waals surface area contributed by atoms with Crippen molar-refractivity contribution in [2.24, 2.45) is 0 Å². The van der Waals surface area contributed by atoms with Gasteiger partial charge in [0.25, 0.3) is 0 Å². The lowest BCUT2D eigenvalue weighted by Gasteiger charge is -2.36. The minimum atomic E-state index is -3.23. The number of nitrogens with zero attached hydrogens (tertiary/aromatic N) is 2. The molecule has 1 aromatic rings. The van der Waals surface area contributed by atoms with E-state index in [9.17, 15) is 8.42 Å². The van der Waals surface area contributed by atoms with Crippen LogP contribution in [0.25, 0.3) is 0 Å². The molecule has 6 heteroatoms. The molecular formula is C18H28N2O3S. The van der Waals surface area contributed by atoms with E-state index in [0.29, 0.717) is 6.61 Å². The number of benzene rings is 1. The van der Waals surface area contributed by atoms with Crippen LogP contribution in [0.2, 0.25) is 0 Å². The molecule has 0 aromatic heterocycles. The molecule has 0 N–H and O–H groups in total. The first-order valence-corrected chi connectivity index (χ1v) is 10.5. The van der Waals surface area contributed by atoms with E-state index < -0.39 is 10.0 Å². The number of sulfonamides is 1. The smallest absolute Gasteiger partial charge is 0.216 e. The molecular weight excluding hydrogens is 324 g/mol. The van der Waals surface area contributed by atoms with Crippen molar-refractivity contribution in [2.45, 2.75) is 44.4 Å². The summed E-state index contributed by atoms with van der Waals surface area (Å²) in [6.07, 6.45) is 3.52. The van der Waals surface area contributed by atoms with Gasteiger partial charge >= 0.3 is 0 Å². The van der Waals surface area contributed by atoms with E-state index in [2.05, 4.69) is 29.2 Å². The summed E-state index contributed by atoms with van der Waals surface area (Å²) in [4.78, 5) is 2.41. The van der Waals surface area contributed by atoms with Crippen molar-refractivity contribution in [3.8, 4) is 0 Å². The van der Waals surface area contributed by atoms with Crippen LogP contribution in [-0.2, 0) is 21.3 Å². The maximum absolute atomic E-state index is 12.6. The number of piperidine rings is 1. The van der Waals surface area contributed by atoms with Crippen LogP contribution >= 0.6 is 0 Å². The van der Waals surface area contributed by atoms with Crippen LogP contribution < -0.4 is 0 Å². The lowest BCUT2D eigenvalue weighted by molar-refractivity contribution is 0.124. The summed E-state index contributed by atoms with van der Waals surface area (Å²) in [7, 11) is -1.49. The summed E-state index contributed by atoms with van der Waals surface area (Å²) >= 11 is 0. The molecule has 2 saturated heterocycles. The Labute approximate surface area is 145 Å². The molecule has 24 heavy (non-hydrogen) atoms. The van der Waals surface area contributed by atoms with E-state index in [-0.39, 0.29) is 17.9 Å². The molecule has 1 unspecified atom stereocenters. The van der Waals surface area contributed by atoms with E-state index >= 15 is 0 Å². The van der Waals surface area contributed by atoms with E-state index in [1.165, 1.54) is 5.56 Å². The van der Waals surface area contributed by atoms with Gasteiger partial charge in [0.1, 0.15) is 0 Å². The summed E-state index contributed by atoms with van der Waals surface area (Å²) in [5, 5.41) is 0. The summed E-state index contributed by atoms with van der Waals surface area (Å²) in [6.45, 7) is 3.53. The number of hydrogen-bond acceptors (Lipinski definition) is 4. The van der Waals surface area contributed by atoms with Gasteiger partial charge in [0.05, 0.1) is 11.9 Å². The lowest BCUT2D eigenvalue weighted by atomic mass is 10.0. The third-order valence-electron chi connectivity index (χ3n) is 5.18. The maximum atomic E-state index is 12.6. The van der Waals surface area contributed by atoms with Crippen LogP contribution in [-0.4, -0.2) is 62.3 Å². The molecule has 0 radical (unpaired) electrons. The summed E-state index contributed by atoms with van der Waals surface area (Å²) < 4.78 is 32.3. The summed E-state index contributed by atoms with van der Waals surface area (Å²) in [5.41, 5.74) is 1.32. The first-order valence-electron chi connectivity index (χ1n) is 8.88. The second kappa shape index (κ2) is 7.95. The zero-order chi connectivity index (χ0) is 17.0. The van der Waals surface area contributed by atoms with Gasteiger partial charge in [0, 0.05) is 39.3 Å². The fourth-order valence-electron chi connectivity index (χ4n) is 3.64. The SMILES string of the molecule is CN(C1CCN(Cc2ccccc2)CC1)S(=O)(=O)CC1CCCO1. The Morgan fingerprint density at radius 2 is 1.88 bits per heavy atom. The van der Waals surface area contributed by atoms with Crippen LogP contribution in [0.3, 0.4) is 0 Å². The molecule has 2 heterocycles. The maximum Gasteiger partial charge on any atom is 0.216 e. The second-order valence-electron chi connectivity index (χ2n) is 6.92. The Morgan fingerprint density at radius 3 is 2.50 bits per heavy atom. The van der Waals surface area contributed by atoms with Crippen LogP contribution in [0.4, 0.5) is 0 Å². The van der Waals surface area contributed by atoms with Crippen molar-refractivity contribution in [1.29, 1.82) is 0 Å². The number of likely N-dealkylation sites (tertiary alicyclic amines) is 1. The number of ether oxygens (including phenoxy) is 1. The molecule has 1 atom stereocenters. The predicted molar refractivity (Wildman–Crippen MR) is 95.3 cm³/mol. The monoisotopic (exact) mass is 352 g/mol. The molecule has 2 fully saturated rings. The highest BCUT2D eigenvalue weighted by Gasteiger charge is 2.32. The van der Waals surface area contributed by atoms with Gasteiger partial charge in [-0.25, -0.2) is 12.7 Å². The second-order valence-corrected chi connectivity index (χ2v) is 9.00. The van der Waals surface area contributed by atoms with Crippen LogP contribution in [0.15, 0.2) is 30.3 Å². The minimum absolute atomic E-state index is 0.114. The molecule has 0 amide bonds.